The van der Waals surface area contributed by atoms with Gasteiger partial charge in [-0.25, -0.2) is 0 Å². The van der Waals surface area contributed by atoms with Crippen LogP contribution in [0.4, 0.5) is 0 Å². The fourth-order valence-corrected chi connectivity index (χ4v) is 3.79. The normalized spacial score (nSPS) is 34.6. The van der Waals surface area contributed by atoms with Gasteiger partial charge in [-0.1, -0.05) is 26.2 Å². The van der Waals surface area contributed by atoms with E-state index in [2.05, 4.69) is 12.2 Å². The molecule has 0 spiro atoms. The number of amides is 1. The minimum Gasteiger partial charge on any atom is -0.353 e. The maximum atomic E-state index is 11.8. The molecule has 18 heavy (non-hydrogen) atoms. The van der Waals surface area contributed by atoms with E-state index in [1.54, 1.807) is 0 Å². The summed E-state index contributed by atoms with van der Waals surface area (Å²) in [4.78, 5) is 11.8. The van der Waals surface area contributed by atoms with E-state index in [1.165, 1.54) is 44.9 Å². The van der Waals surface area contributed by atoms with Crippen LogP contribution in [0.5, 0.6) is 0 Å². The smallest absolute Gasteiger partial charge is 0.220 e. The summed E-state index contributed by atoms with van der Waals surface area (Å²) in [6, 6.07) is 0.858. The summed E-state index contributed by atoms with van der Waals surface area (Å²) in [6.45, 7) is 2.20. The highest BCUT2D eigenvalue weighted by Gasteiger charge is 2.40. The molecule has 0 aromatic heterocycles. The number of carbonyl (C=O) groups excluding carboxylic acids is 1. The van der Waals surface area contributed by atoms with Crippen molar-refractivity contribution in [2.24, 2.45) is 17.6 Å². The quantitative estimate of drug-likeness (QED) is 0.714. The Morgan fingerprint density at radius 3 is 2.39 bits per heavy atom. The maximum absolute atomic E-state index is 11.8. The molecule has 3 nitrogen and oxygen atoms in total. The first kappa shape index (κ1) is 13.9. The third-order valence-electron chi connectivity index (χ3n) is 4.67. The van der Waals surface area contributed by atoms with Crippen LogP contribution in [-0.4, -0.2) is 18.0 Å². The molecule has 2 aliphatic rings. The summed E-state index contributed by atoms with van der Waals surface area (Å²) < 4.78 is 0. The average molecular weight is 252 g/mol. The predicted octanol–water partition coefficient (Wildman–Crippen LogP) is 2.59. The van der Waals surface area contributed by atoms with E-state index in [0.29, 0.717) is 18.5 Å². The van der Waals surface area contributed by atoms with Crippen LogP contribution in [0.1, 0.15) is 64.7 Å². The van der Waals surface area contributed by atoms with Crippen molar-refractivity contribution in [3.8, 4) is 0 Å². The Hall–Kier alpha value is -0.570. The first-order valence-corrected chi connectivity index (χ1v) is 7.74. The standard InChI is InChI=1S/C15H28N2O/c1-2-3-4-5-6-15(18)17-14-9-11-7-13(16)8-12(11)10-14/h11-14H,2-10,16H2,1H3,(H,17,18). The number of nitrogens with two attached hydrogens (primary N) is 1. The molecule has 1 amide bonds. The van der Waals surface area contributed by atoms with Crippen molar-refractivity contribution >= 4 is 5.91 Å². The van der Waals surface area contributed by atoms with Crippen LogP contribution in [0.15, 0.2) is 0 Å². The highest BCUT2D eigenvalue weighted by molar-refractivity contribution is 5.76. The molecular weight excluding hydrogens is 224 g/mol. The fraction of sp³-hybridized carbons (Fsp3) is 0.933. The molecule has 3 heteroatoms. The second kappa shape index (κ2) is 6.55. The molecule has 2 fully saturated rings. The summed E-state index contributed by atoms with van der Waals surface area (Å²) in [5, 5.41) is 3.22. The van der Waals surface area contributed by atoms with Gasteiger partial charge in [-0.2, -0.15) is 0 Å². The molecule has 0 aromatic carbocycles. The van der Waals surface area contributed by atoms with Gasteiger partial charge in [-0.05, 0) is 43.9 Å². The van der Waals surface area contributed by atoms with Crippen LogP contribution < -0.4 is 11.1 Å². The molecule has 3 N–H and O–H groups in total. The highest BCUT2D eigenvalue weighted by atomic mass is 16.1. The number of carbonyl (C=O) groups is 1. The largest absolute Gasteiger partial charge is 0.353 e. The molecule has 0 aromatic rings. The third-order valence-corrected chi connectivity index (χ3v) is 4.67. The summed E-state index contributed by atoms with van der Waals surface area (Å²) in [5.41, 5.74) is 5.98. The Morgan fingerprint density at radius 2 is 1.78 bits per heavy atom. The molecule has 104 valence electrons. The number of hydrogen-bond acceptors (Lipinski definition) is 2. The van der Waals surface area contributed by atoms with E-state index in [4.69, 9.17) is 5.73 Å². The van der Waals surface area contributed by atoms with Crippen molar-refractivity contribution in [1.29, 1.82) is 0 Å². The summed E-state index contributed by atoms with van der Waals surface area (Å²) in [7, 11) is 0. The number of rotatable bonds is 6. The van der Waals surface area contributed by atoms with Crippen LogP contribution in [0, 0.1) is 11.8 Å². The van der Waals surface area contributed by atoms with E-state index >= 15 is 0 Å². The maximum Gasteiger partial charge on any atom is 0.220 e. The molecule has 2 saturated carbocycles. The van der Waals surface area contributed by atoms with Gasteiger partial charge in [-0.3, -0.25) is 4.79 Å². The van der Waals surface area contributed by atoms with E-state index in [9.17, 15) is 4.79 Å². The zero-order valence-corrected chi connectivity index (χ0v) is 11.7. The summed E-state index contributed by atoms with van der Waals surface area (Å²) >= 11 is 0. The zero-order chi connectivity index (χ0) is 13.0. The van der Waals surface area contributed by atoms with Gasteiger partial charge in [0.15, 0.2) is 0 Å². The van der Waals surface area contributed by atoms with Crippen molar-refractivity contribution in [3.63, 3.8) is 0 Å². The van der Waals surface area contributed by atoms with Gasteiger partial charge in [0.05, 0.1) is 0 Å². The van der Waals surface area contributed by atoms with Crippen LogP contribution >= 0.6 is 0 Å². The van der Waals surface area contributed by atoms with Gasteiger partial charge < -0.3 is 11.1 Å². The fourth-order valence-electron chi connectivity index (χ4n) is 3.79. The van der Waals surface area contributed by atoms with E-state index in [0.717, 1.165) is 18.3 Å². The van der Waals surface area contributed by atoms with Gasteiger partial charge in [0.2, 0.25) is 5.91 Å². The first-order chi connectivity index (χ1) is 8.69. The van der Waals surface area contributed by atoms with E-state index in [-0.39, 0.29) is 5.91 Å². The van der Waals surface area contributed by atoms with Crippen molar-refractivity contribution < 1.29 is 4.79 Å². The average Bonchev–Trinajstić information content (AvgIpc) is 2.81. The Morgan fingerprint density at radius 1 is 1.11 bits per heavy atom. The summed E-state index contributed by atoms with van der Waals surface area (Å²) in [6.07, 6.45) is 10.1. The zero-order valence-electron chi connectivity index (χ0n) is 11.7. The molecule has 0 radical (unpaired) electrons. The van der Waals surface area contributed by atoms with Gasteiger partial charge in [-0.15, -0.1) is 0 Å². The number of hydrogen-bond donors (Lipinski definition) is 2. The van der Waals surface area contributed by atoms with Gasteiger partial charge in [0.25, 0.3) is 0 Å². The monoisotopic (exact) mass is 252 g/mol. The summed E-state index contributed by atoms with van der Waals surface area (Å²) in [5.74, 6) is 1.83. The molecule has 2 unspecified atom stereocenters. The van der Waals surface area contributed by atoms with Crippen molar-refractivity contribution in [3.05, 3.63) is 0 Å². The van der Waals surface area contributed by atoms with E-state index in [1.807, 2.05) is 0 Å². The highest BCUT2D eigenvalue weighted by Crippen LogP contribution is 2.43. The lowest BCUT2D eigenvalue weighted by molar-refractivity contribution is -0.121. The minimum absolute atomic E-state index is 0.264. The van der Waals surface area contributed by atoms with Crippen molar-refractivity contribution in [1.82, 2.24) is 5.32 Å². The molecule has 0 bridgehead atoms. The lowest BCUT2D eigenvalue weighted by Gasteiger charge is -2.14. The van der Waals surface area contributed by atoms with Crippen LogP contribution in [0.3, 0.4) is 0 Å². The van der Waals surface area contributed by atoms with Gasteiger partial charge in [0.1, 0.15) is 0 Å². The number of fused-ring (bicyclic) bond motifs is 1. The van der Waals surface area contributed by atoms with Gasteiger partial charge >= 0.3 is 0 Å². The molecule has 0 aliphatic heterocycles. The molecule has 2 atom stereocenters. The van der Waals surface area contributed by atoms with Crippen LogP contribution in [0.25, 0.3) is 0 Å². The SMILES string of the molecule is CCCCCCC(=O)NC1CC2CC(N)CC2C1. The van der Waals surface area contributed by atoms with Crippen LogP contribution in [0.2, 0.25) is 0 Å². The molecule has 0 heterocycles. The Kier molecular flexibility index (Phi) is 5.04. The van der Waals surface area contributed by atoms with Crippen LogP contribution in [-0.2, 0) is 4.79 Å². The molecular formula is C15H28N2O. The first-order valence-electron chi connectivity index (χ1n) is 7.74. The van der Waals surface area contributed by atoms with Crippen molar-refractivity contribution in [2.75, 3.05) is 0 Å². The Bertz CT molecular complexity index is 266. The lowest BCUT2D eigenvalue weighted by Crippen LogP contribution is -2.33. The van der Waals surface area contributed by atoms with Gasteiger partial charge in [0, 0.05) is 18.5 Å². The minimum atomic E-state index is 0.264. The molecule has 0 saturated heterocycles. The predicted molar refractivity (Wildman–Crippen MR) is 74.1 cm³/mol. The molecule has 2 rings (SSSR count). The number of unbranched alkanes of at least 4 members (excludes halogenated alkanes) is 3. The van der Waals surface area contributed by atoms with E-state index < -0.39 is 0 Å². The Balaban J connectivity index is 1.61. The van der Waals surface area contributed by atoms with Crippen molar-refractivity contribution in [2.45, 2.75) is 76.8 Å². The second-order valence-corrected chi connectivity index (χ2v) is 6.30. The third kappa shape index (κ3) is 3.71. The molecule has 2 aliphatic carbocycles. The lowest BCUT2D eigenvalue weighted by atomic mass is 10.0. The Labute approximate surface area is 111 Å². The topological polar surface area (TPSA) is 55.1 Å². The second-order valence-electron chi connectivity index (χ2n) is 6.30. The number of nitrogens with one attached hydrogen (secondary N) is 1.